The number of amides is 1. The van der Waals surface area contributed by atoms with Crippen LogP contribution in [0.25, 0.3) is 6.08 Å². The molecule has 2 aromatic rings. The van der Waals surface area contributed by atoms with Crippen LogP contribution in [-0.4, -0.2) is 11.6 Å². The highest BCUT2D eigenvalue weighted by Gasteiger charge is 2.03. The summed E-state index contributed by atoms with van der Waals surface area (Å²) in [6.45, 7) is 1.84. The maximum absolute atomic E-state index is 11.9. The van der Waals surface area contributed by atoms with Gasteiger partial charge in [0, 0.05) is 9.13 Å². The van der Waals surface area contributed by atoms with Crippen molar-refractivity contribution in [3.63, 3.8) is 0 Å². The standard InChI is InChI=1S/C17H15IN2O/c1-13(7-8-14-5-3-2-4-6-14)19-20-17(21)15-9-11-16(18)12-10-15/h2-12H,1H3,(H,20,21)/b8-7+,19-13+. The predicted octanol–water partition coefficient (Wildman–Crippen LogP) is 4.11. The molecule has 0 heterocycles. The number of hydrogen-bond acceptors (Lipinski definition) is 2. The number of allylic oxidation sites excluding steroid dienone is 1. The van der Waals surface area contributed by atoms with E-state index in [1.165, 1.54) is 0 Å². The first-order chi connectivity index (χ1) is 10.1. The molecule has 0 aliphatic rings. The minimum atomic E-state index is -0.209. The van der Waals surface area contributed by atoms with Crippen molar-refractivity contribution in [2.24, 2.45) is 5.10 Å². The molecule has 2 rings (SSSR count). The van der Waals surface area contributed by atoms with Crippen LogP contribution in [0.2, 0.25) is 0 Å². The van der Waals surface area contributed by atoms with Crippen LogP contribution < -0.4 is 5.43 Å². The molecule has 0 aromatic heterocycles. The van der Waals surface area contributed by atoms with Crippen LogP contribution in [-0.2, 0) is 0 Å². The van der Waals surface area contributed by atoms with Crippen molar-refractivity contribution in [1.29, 1.82) is 0 Å². The van der Waals surface area contributed by atoms with Gasteiger partial charge in [0.1, 0.15) is 0 Å². The van der Waals surface area contributed by atoms with Crippen LogP contribution in [0.5, 0.6) is 0 Å². The van der Waals surface area contributed by atoms with E-state index < -0.39 is 0 Å². The number of benzene rings is 2. The summed E-state index contributed by atoms with van der Waals surface area (Å²) in [5, 5.41) is 4.07. The molecule has 0 radical (unpaired) electrons. The van der Waals surface area contributed by atoms with Gasteiger partial charge in [-0.3, -0.25) is 4.79 Å². The molecule has 2 aromatic carbocycles. The number of hydrazone groups is 1. The highest BCUT2D eigenvalue weighted by molar-refractivity contribution is 14.1. The lowest BCUT2D eigenvalue weighted by Crippen LogP contribution is -2.18. The lowest BCUT2D eigenvalue weighted by atomic mass is 10.2. The van der Waals surface area contributed by atoms with E-state index >= 15 is 0 Å². The molecule has 0 fully saturated rings. The Hall–Kier alpha value is -1.95. The molecule has 0 saturated carbocycles. The number of rotatable bonds is 4. The highest BCUT2D eigenvalue weighted by Crippen LogP contribution is 2.06. The molecule has 0 atom stereocenters. The van der Waals surface area contributed by atoms with Gasteiger partial charge in [-0.25, -0.2) is 5.43 Å². The first-order valence-electron chi connectivity index (χ1n) is 6.48. The number of carbonyl (C=O) groups is 1. The number of hydrogen-bond donors (Lipinski definition) is 1. The van der Waals surface area contributed by atoms with Crippen LogP contribution in [0.15, 0.2) is 65.8 Å². The molecule has 0 unspecified atom stereocenters. The minimum absolute atomic E-state index is 0.209. The van der Waals surface area contributed by atoms with E-state index in [2.05, 4.69) is 33.1 Å². The maximum atomic E-state index is 11.9. The van der Waals surface area contributed by atoms with Gasteiger partial charge >= 0.3 is 0 Å². The fourth-order valence-corrected chi connectivity index (χ4v) is 1.98. The third-order valence-electron chi connectivity index (χ3n) is 2.76. The summed E-state index contributed by atoms with van der Waals surface area (Å²) in [5.74, 6) is -0.209. The normalized spacial score (nSPS) is 11.6. The smallest absolute Gasteiger partial charge is 0.267 e. The Bertz CT molecular complexity index is 661. The maximum Gasteiger partial charge on any atom is 0.271 e. The van der Waals surface area contributed by atoms with Crippen molar-refractivity contribution in [3.8, 4) is 0 Å². The molecule has 0 aliphatic heterocycles. The van der Waals surface area contributed by atoms with Crippen molar-refractivity contribution >= 4 is 40.3 Å². The zero-order chi connectivity index (χ0) is 15.1. The molecule has 3 nitrogen and oxygen atoms in total. The monoisotopic (exact) mass is 390 g/mol. The van der Waals surface area contributed by atoms with E-state index in [0.29, 0.717) is 5.56 Å². The van der Waals surface area contributed by atoms with E-state index in [1.54, 1.807) is 12.1 Å². The topological polar surface area (TPSA) is 41.5 Å². The van der Waals surface area contributed by atoms with E-state index in [4.69, 9.17) is 0 Å². The van der Waals surface area contributed by atoms with Gasteiger partial charge in [-0.05, 0) is 65.4 Å². The SMILES string of the molecule is CC(/C=C/c1ccccc1)=N\NC(=O)c1ccc(I)cc1. The Morgan fingerprint density at radius 1 is 1.10 bits per heavy atom. The van der Waals surface area contributed by atoms with Gasteiger partial charge in [-0.15, -0.1) is 0 Å². The van der Waals surface area contributed by atoms with E-state index in [1.807, 2.05) is 61.5 Å². The quantitative estimate of drug-likeness (QED) is 0.477. The molecular weight excluding hydrogens is 375 g/mol. The fraction of sp³-hybridized carbons (Fsp3) is 0.0588. The van der Waals surface area contributed by atoms with Gasteiger partial charge in [-0.1, -0.05) is 36.4 Å². The van der Waals surface area contributed by atoms with Gasteiger partial charge in [0.25, 0.3) is 5.91 Å². The molecule has 4 heteroatoms. The number of nitrogens with zero attached hydrogens (tertiary/aromatic N) is 1. The van der Waals surface area contributed by atoms with Gasteiger partial charge in [0.15, 0.2) is 0 Å². The van der Waals surface area contributed by atoms with E-state index in [-0.39, 0.29) is 5.91 Å². The van der Waals surface area contributed by atoms with Crippen LogP contribution in [0.1, 0.15) is 22.8 Å². The third kappa shape index (κ3) is 5.15. The highest BCUT2D eigenvalue weighted by atomic mass is 127. The van der Waals surface area contributed by atoms with E-state index in [9.17, 15) is 4.79 Å². The zero-order valence-corrected chi connectivity index (χ0v) is 13.7. The average molecular weight is 390 g/mol. The zero-order valence-electron chi connectivity index (χ0n) is 11.6. The number of carbonyl (C=O) groups excluding carboxylic acids is 1. The molecule has 1 N–H and O–H groups in total. The van der Waals surface area contributed by atoms with Gasteiger partial charge in [0.2, 0.25) is 0 Å². The summed E-state index contributed by atoms with van der Waals surface area (Å²) in [7, 11) is 0. The van der Waals surface area contributed by atoms with Crippen molar-refractivity contribution in [2.45, 2.75) is 6.92 Å². The van der Waals surface area contributed by atoms with Crippen molar-refractivity contribution in [1.82, 2.24) is 5.43 Å². The van der Waals surface area contributed by atoms with Crippen LogP contribution >= 0.6 is 22.6 Å². The van der Waals surface area contributed by atoms with Crippen LogP contribution in [0.3, 0.4) is 0 Å². The molecule has 21 heavy (non-hydrogen) atoms. The molecular formula is C17H15IN2O. The summed E-state index contributed by atoms with van der Waals surface area (Å²) < 4.78 is 1.09. The molecule has 0 aliphatic carbocycles. The van der Waals surface area contributed by atoms with E-state index in [0.717, 1.165) is 14.8 Å². The van der Waals surface area contributed by atoms with Gasteiger partial charge in [-0.2, -0.15) is 5.10 Å². The second-order valence-electron chi connectivity index (χ2n) is 4.45. The Kier molecular flexibility index (Phi) is 5.68. The van der Waals surface area contributed by atoms with Gasteiger partial charge in [0.05, 0.1) is 5.71 Å². The Morgan fingerprint density at radius 3 is 2.43 bits per heavy atom. The first kappa shape index (κ1) is 15.4. The van der Waals surface area contributed by atoms with Crippen molar-refractivity contribution < 1.29 is 4.79 Å². The average Bonchev–Trinajstić information content (AvgIpc) is 2.52. The largest absolute Gasteiger partial charge is 0.271 e. The second kappa shape index (κ2) is 7.73. The Morgan fingerprint density at radius 2 is 1.76 bits per heavy atom. The molecule has 0 saturated heterocycles. The third-order valence-corrected chi connectivity index (χ3v) is 3.48. The van der Waals surface area contributed by atoms with Crippen molar-refractivity contribution in [3.05, 3.63) is 75.4 Å². The lowest BCUT2D eigenvalue weighted by molar-refractivity contribution is 0.0955. The summed E-state index contributed by atoms with van der Waals surface area (Å²) in [5.41, 5.74) is 4.97. The summed E-state index contributed by atoms with van der Waals surface area (Å²) >= 11 is 2.20. The Labute approximate surface area is 137 Å². The van der Waals surface area contributed by atoms with Crippen LogP contribution in [0.4, 0.5) is 0 Å². The lowest BCUT2D eigenvalue weighted by Gasteiger charge is -2.00. The Balaban J connectivity index is 1.95. The number of nitrogens with one attached hydrogen (secondary N) is 1. The van der Waals surface area contributed by atoms with Gasteiger partial charge < -0.3 is 0 Å². The summed E-state index contributed by atoms with van der Waals surface area (Å²) in [6.07, 6.45) is 3.82. The predicted molar refractivity (Wildman–Crippen MR) is 95.2 cm³/mol. The first-order valence-corrected chi connectivity index (χ1v) is 7.56. The van der Waals surface area contributed by atoms with Crippen LogP contribution in [0, 0.1) is 3.57 Å². The second-order valence-corrected chi connectivity index (χ2v) is 5.69. The summed E-state index contributed by atoms with van der Waals surface area (Å²) in [4.78, 5) is 11.9. The van der Waals surface area contributed by atoms with Crippen molar-refractivity contribution in [2.75, 3.05) is 0 Å². The summed E-state index contributed by atoms with van der Waals surface area (Å²) in [6, 6.07) is 17.3. The fourth-order valence-electron chi connectivity index (χ4n) is 1.62. The molecule has 0 bridgehead atoms. The number of halogens is 1. The molecule has 1 amide bonds. The molecule has 106 valence electrons. The molecule has 0 spiro atoms. The minimum Gasteiger partial charge on any atom is -0.267 e.